The normalized spacial score (nSPS) is 41.2. The van der Waals surface area contributed by atoms with E-state index in [-0.39, 0.29) is 0 Å². The van der Waals surface area contributed by atoms with Gasteiger partial charge in [-0.25, -0.2) is 0 Å². The first-order chi connectivity index (χ1) is 7.51. The van der Waals surface area contributed by atoms with E-state index in [1.165, 1.54) is 38.8 Å². The number of nitrogens with one attached hydrogen (secondary N) is 1. The predicted octanol–water partition coefficient (Wildman–Crippen LogP) is 2.64. The molecule has 1 N–H and O–H groups in total. The van der Waals surface area contributed by atoms with Crippen molar-refractivity contribution in [3.63, 3.8) is 0 Å². The molecule has 0 aromatic heterocycles. The molecule has 0 amide bonds. The van der Waals surface area contributed by atoms with Crippen LogP contribution < -0.4 is 5.32 Å². The Hall–Kier alpha value is -0.0800. The van der Waals surface area contributed by atoms with Crippen molar-refractivity contribution < 1.29 is 0 Å². The van der Waals surface area contributed by atoms with Crippen molar-refractivity contribution in [1.82, 2.24) is 10.2 Å². The van der Waals surface area contributed by atoms with Crippen LogP contribution in [-0.4, -0.2) is 35.6 Å². The van der Waals surface area contributed by atoms with Gasteiger partial charge in [0.2, 0.25) is 0 Å². The molecule has 2 unspecified atom stereocenters. The molecule has 1 saturated carbocycles. The van der Waals surface area contributed by atoms with Crippen LogP contribution >= 0.6 is 0 Å². The Morgan fingerprint density at radius 2 is 1.88 bits per heavy atom. The van der Waals surface area contributed by atoms with E-state index in [2.05, 4.69) is 37.9 Å². The number of rotatable bonds is 4. The Labute approximate surface area is 101 Å². The molecule has 0 bridgehead atoms. The monoisotopic (exact) mass is 224 g/mol. The lowest BCUT2D eigenvalue weighted by Crippen LogP contribution is -2.68. The molecular formula is C14H28N2. The summed E-state index contributed by atoms with van der Waals surface area (Å²) in [4.78, 5) is 2.77. The molecule has 0 spiro atoms. The van der Waals surface area contributed by atoms with Gasteiger partial charge in [-0.1, -0.05) is 13.8 Å². The fourth-order valence-corrected chi connectivity index (χ4v) is 2.67. The lowest BCUT2D eigenvalue weighted by molar-refractivity contribution is 0.0135. The molecule has 2 nitrogen and oxygen atoms in total. The van der Waals surface area contributed by atoms with E-state index in [4.69, 9.17) is 0 Å². The molecule has 1 heterocycles. The molecule has 2 fully saturated rings. The van der Waals surface area contributed by atoms with Crippen LogP contribution in [-0.2, 0) is 0 Å². The van der Waals surface area contributed by atoms with E-state index < -0.39 is 0 Å². The zero-order valence-corrected chi connectivity index (χ0v) is 11.5. The fourth-order valence-electron chi connectivity index (χ4n) is 2.67. The highest BCUT2D eigenvalue weighted by Crippen LogP contribution is 2.35. The van der Waals surface area contributed by atoms with Crippen molar-refractivity contribution in [1.29, 1.82) is 0 Å². The molecule has 2 rings (SSSR count). The third-order valence-corrected chi connectivity index (χ3v) is 4.92. The average Bonchev–Trinajstić information content (AvgIpc) is 3.08. The molecule has 94 valence electrons. The van der Waals surface area contributed by atoms with E-state index in [0.29, 0.717) is 11.1 Å². The predicted molar refractivity (Wildman–Crippen MR) is 69.7 cm³/mol. The second-order valence-corrected chi connectivity index (χ2v) is 6.44. The number of hydrogen-bond acceptors (Lipinski definition) is 2. The average molecular weight is 224 g/mol. The van der Waals surface area contributed by atoms with E-state index in [1.54, 1.807) is 0 Å². The van der Waals surface area contributed by atoms with E-state index in [0.717, 1.165) is 12.5 Å². The smallest absolute Gasteiger partial charge is 0.0304 e. The maximum atomic E-state index is 3.77. The van der Waals surface area contributed by atoms with Gasteiger partial charge in [-0.15, -0.1) is 0 Å². The molecule has 1 aliphatic heterocycles. The van der Waals surface area contributed by atoms with Crippen molar-refractivity contribution in [3.8, 4) is 0 Å². The maximum absolute atomic E-state index is 3.77. The first kappa shape index (κ1) is 12.4. The van der Waals surface area contributed by atoms with Gasteiger partial charge >= 0.3 is 0 Å². The van der Waals surface area contributed by atoms with Gasteiger partial charge in [-0.3, -0.25) is 4.90 Å². The highest BCUT2D eigenvalue weighted by atomic mass is 15.3. The highest BCUT2D eigenvalue weighted by molar-refractivity contribution is 5.01. The second kappa shape index (κ2) is 4.30. The van der Waals surface area contributed by atoms with E-state index >= 15 is 0 Å². The summed E-state index contributed by atoms with van der Waals surface area (Å²) in [5, 5.41) is 3.77. The molecule has 1 saturated heterocycles. The highest BCUT2D eigenvalue weighted by Gasteiger charge is 2.42. The lowest BCUT2D eigenvalue weighted by atomic mass is 9.85. The Morgan fingerprint density at radius 3 is 2.38 bits per heavy atom. The van der Waals surface area contributed by atoms with Crippen LogP contribution in [0.5, 0.6) is 0 Å². The van der Waals surface area contributed by atoms with Crippen LogP contribution in [0.3, 0.4) is 0 Å². The summed E-state index contributed by atoms with van der Waals surface area (Å²) in [7, 11) is 0. The van der Waals surface area contributed by atoms with Crippen molar-refractivity contribution in [3.05, 3.63) is 0 Å². The van der Waals surface area contributed by atoms with Crippen LogP contribution in [0.4, 0.5) is 0 Å². The molecule has 0 aromatic carbocycles. The molecule has 0 radical (unpaired) electrons. The van der Waals surface area contributed by atoms with Crippen LogP contribution in [0.15, 0.2) is 0 Å². The quantitative estimate of drug-likeness (QED) is 0.790. The summed E-state index contributed by atoms with van der Waals surface area (Å²) in [6, 6.07) is 0. The van der Waals surface area contributed by atoms with Gasteiger partial charge < -0.3 is 5.32 Å². The first-order valence-corrected chi connectivity index (χ1v) is 7.01. The summed E-state index contributed by atoms with van der Waals surface area (Å²) >= 11 is 0. The van der Waals surface area contributed by atoms with E-state index in [9.17, 15) is 0 Å². The Bertz CT molecular complexity index is 249. The fraction of sp³-hybridized carbons (Fsp3) is 1.00. The van der Waals surface area contributed by atoms with Crippen molar-refractivity contribution in [2.24, 2.45) is 5.92 Å². The molecular weight excluding hydrogens is 196 g/mol. The van der Waals surface area contributed by atoms with Gasteiger partial charge in [0.1, 0.15) is 0 Å². The minimum absolute atomic E-state index is 0.337. The van der Waals surface area contributed by atoms with Crippen molar-refractivity contribution in [2.75, 3.05) is 19.6 Å². The number of nitrogens with zero attached hydrogens (tertiary/aromatic N) is 1. The van der Waals surface area contributed by atoms with Crippen LogP contribution in [0.1, 0.15) is 53.4 Å². The first-order valence-electron chi connectivity index (χ1n) is 7.01. The Morgan fingerprint density at radius 1 is 1.19 bits per heavy atom. The number of piperazine rings is 1. The molecule has 2 aliphatic rings. The molecule has 0 aromatic rings. The third kappa shape index (κ3) is 2.43. The SMILES string of the molecule is CCC1(C)CN(CC2CC2)C(C)(CC)CN1. The molecule has 1 aliphatic carbocycles. The maximum Gasteiger partial charge on any atom is 0.0304 e. The summed E-state index contributed by atoms with van der Waals surface area (Å²) in [5.74, 6) is 1.00. The summed E-state index contributed by atoms with van der Waals surface area (Å²) in [6.07, 6.45) is 5.42. The van der Waals surface area contributed by atoms with Crippen molar-refractivity contribution >= 4 is 0 Å². The summed E-state index contributed by atoms with van der Waals surface area (Å²) in [5.41, 5.74) is 0.723. The zero-order valence-electron chi connectivity index (χ0n) is 11.5. The standard InChI is InChI=1S/C14H28N2/c1-5-13(3)11-16(9-12-7-8-12)14(4,6-2)10-15-13/h12,15H,5-11H2,1-4H3. The lowest BCUT2D eigenvalue weighted by Gasteiger charge is -2.52. The summed E-state index contributed by atoms with van der Waals surface area (Å²) < 4.78 is 0. The summed E-state index contributed by atoms with van der Waals surface area (Å²) in [6.45, 7) is 13.2. The van der Waals surface area contributed by atoms with Gasteiger partial charge in [-0.05, 0) is 45.4 Å². The largest absolute Gasteiger partial charge is 0.308 e. The van der Waals surface area contributed by atoms with Crippen LogP contribution in [0, 0.1) is 5.92 Å². The van der Waals surface area contributed by atoms with Crippen LogP contribution in [0.2, 0.25) is 0 Å². The third-order valence-electron chi connectivity index (χ3n) is 4.92. The second-order valence-electron chi connectivity index (χ2n) is 6.44. The molecule has 2 heteroatoms. The van der Waals surface area contributed by atoms with Crippen LogP contribution in [0.25, 0.3) is 0 Å². The van der Waals surface area contributed by atoms with Gasteiger partial charge in [-0.2, -0.15) is 0 Å². The van der Waals surface area contributed by atoms with Crippen molar-refractivity contribution in [2.45, 2.75) is 64.5 Å². The number of hydrogen-bond donors (Lipinski definition) is 1. The Kier molecular flexibility index (Phi) is 3.33. The topological polar surface area (TPSA) is 15.3 Å². The van der Waals surface area contributed by atoms with Gasteiger partial charge in [0.25, 0.3) is 0 Å². The molecule has 16 heavy (non-hydrogen) atoms. The zero-order chi connectivity index (χ0) is 11.8. The minimum atomic E-state index is 0.337. The van der Waals surface area contributed by atoms with E-state index in [1.807, 2.05) is 0 Å². The van der Waals surface area contributed by atoms with Gasteiger partial charge in [0, 0.05) is 30.7 Å². The van der Waals surface area contributed by atoms with Gasteiger partial charge in [0.15, 0.2) is 0 Å². The minimum Gasteiger partial charge on any atom is -0.308 e. The van der Waals surface area contributed by atoms with Gasteiger partial charge in [0.05, 0.1) is 0 Å². The Balaban J connectivity index is 2.05. The molecule has 2 atom stereocenters.